The molecule has 0 bridgehead atoms. The van der Waals surface area contributed by atoms with E-state index < -0.39 is 0 Å². The van der Waals surface area contributed by atoms with Crippen LogP contribution in [0.25, 0.3) is 10.9 Å². The van der Waals surface area contributed by atoms with E-state index >= 15 is 0 Å². The quantitative estimate of drug-likeness (QED) is 0.920. The third-order valence-electron chi connectivity index (χ3n) is 3.87. The van der Waals surface area contributed by atoms with Crippen molar-refractivity contribution in [2.75, 3.05) is 18.1 Å². The van der Waals surface area contributed by atoms with E-state index in [-0.39, 0.29) is 0 Å². The van der Waals surface area contributed by atoms with Crippen LogP contribution in [0.2, 0.25) is 0 Å². The van der Waals surface area contributed by atoms with E-state index in [0.717, 1.165) is 18.0 Å². The van der Waals surface area contributed by atoms with Gasteiger partial charge in [0.05, 0.1) is 5.52 Å². The molecule has 2 nitrogen and oxygen atoms in total. The first-order chi connectivity index (χ1) is 9.40. The summed E-state index contributed by atoms with van der Waals surface area (Å²) in [5.41, 5.74) is 2.52. The van der Waals surface area contributed by atoms with Gasteiger partial charge in [-0.05, 0) is 48.1 Å². The standard InChI is InChI=1S/C16H20N2S/c1-2-17-16(12-8-10-19-11-12)14-5-3-7-15-13(14)6-4-9-18-15/h3-7,9,12,16-17H,2,8,10-11H2,1H3. The molecule has 1 saturated heterocycles. The van der Waals surface area contributed by atoms with Gasteiger partial charge in [0.2, 0.25) is 0 Å². The van der Waals surface area contributed by atoms with Gasteiger partial charge in [-0.25, -0.2) is 0 Å². The molecule has 2 unspecified atom stereocenters. The number of nitrogens with one attached hydrogen (secondary N) is 1. The van der Waals surface area contributed by atoms with Crippen LogP contribution in [-0.4, -0.2) is 23.0 Å². The molecule has 2 aromatic rings. The van der Waals surface area contributed by atoms with E-state index in [0.29, 0.717) is 6.04 Å². The fraction of sp³-hybridized carbons (Fsp3) is 0.438. The summed E-state index contributed by atoms with van der Waals surface area (Å²) in [6, 6.07) is 11.2. The SMILES string of the molecule is CCNC(c1cccc2ncccc12)C1CCSC1. The van der Waals surface area contributed by atoms with Crippen LogP contribution in [0.5, 0.6) is 0 Å². The summed E-state index contributed by atoms with van der Waals surface area (Å²) >= 11 is 2.08. The lowest BCUT2D eigenvalue weighted by Crippen LogP contribution is -2.28. The van der Waals surface area contributed by atoms with Gasteiger partial charge in [0, 0.05) is 17.6 Å². The van der Waals surface area contributed by atoms with Crippen LogP contribution in [0.15, 0.2) is 36.5 Å². The second-order valence-corrected chi connectivity index (χ2v) is 6.23. The molecular formula is C16H20N2S. The average Bonchev–Trinajstić information content (AvgIpc) is 2.98. The van der Waals surface area contributed by atoms with Crippen molar-refractivity contribution in [3.05, 3.63) is 42.1 Å². The number of fused-ring (bicyclic) bond motifs is 1. The van der Waals surface area contributed by atoms with E-state index in [1.54, 1.807) is 0 Å². The molecular weight excluding hydrogens is 252 g/mol. The van der Waals surface area contributed by atoms with Crippen LogP contribution in [0.1, 0.15) is 24.9 Å². The smallest absolute Gasteiger partial charge is 0.0705 e. The Morgan fingerprint density at radius 2 is 2.32 bits per heavy atom. The molecule has 3 rings (SSSR count). The van der Waals surface area contributed by atoms with Gasteiger partial charge < -0.3 is 5.32 Å². The van der Waals surface area contributed by atoms with Gasteiger partial charge in [0.1, 0.15) is 0 Å². The summed E-state index contributed by atoms with van der Waals surface area (Å²) in [5, 5.41) is 4.99. The summed E-state index contributed by atoms with van der Waals surface area (Å²) in [6.07, 6.45) is 3.19. The Balaban J connectivity index is 2.03. The maximum absolute atomic E-state index is 4.48. The van der Waals surface area contributed by atoms with Crippen LogP contribution in [0.3, 0.4) is 0 Å². The maximum atomic E-state index is 4.48. The van der Waals surface area contributed by atoms with Crippen LogP contribution in [-0.2, 0) is 0 Å². The van der Waals surface area contributed by atoms with E-state index in [4.69, 9.17) is 0 Å². The van der Waals surface area contributed by atoms with Crippen molar-refractivity contribution in [3.8, 4) is 0 Å². The van der Waals surface area contributed by atoms with Crippen molar-refractivity contribution in [1.82, 2.24) is 10.3 Å². The highest BCUT2D eigenvalue weighted by atomic mass is 32.2. The molecule has 3 heteroatoms. The zero-order valence-corrected chi connectivity index (χ0v) is 12.1. The molecule has 0 radical (unpaired) electrons. The summed E-state index contributed by atoms with van der Waals surface area (Å²) in [7, 11) is 0. The molecule has 0 aliphatic carbocycles. The topological polar surface area (TPSA) is 24.9 Å². The Kier molecular flexibility index (Phi) is 4.04. The lowest BCUT2D eigenvalue weighted by molar-refractivity contribution is 0.403. The predicted octanol–water partition coefficient (Wildman–Crippen LogP) is 3.64. The number of pyridine rings is 1. The highest BCUT2D eigenvalue weighted by Gasteiger charge is 2.27. The van der Waals surface area contributed by atoms with Crippen molar-refractivity contribution in [2.24, 2.45) is 5.92 Å². The van der Waals surface area contributed by atoms with E-state index in [1.165, 1.54) is 28.9 Å². The molecule has 1 N–H and O–H groups in total. The second-order valence-electron chi connectivity index (χ2n) is 5.08. The van der Waals surface area contributed by atoms with Crippen molar-refractivity contribution >= 4 is 22.7 Å². The second kappa shape index (κ2) is 5.93. The minimum Gasteiger partial charge on any atom is -0.310 e. The van der Waals surface area contributed by atoms with Gasteiger partial charge in [-0.1, -0.05) is 25.1 Å². The Morgan fingerprint density at radius 3 is 3.11 bits per heavy atom. The number of aromatic nitrogens is 1. The number of thioether (sulfide) groups is 1. The zero-order chi connectivity index (χ0) is 13.1. The van der Waals surface area contributed by atoms with Crippen LogP contribution in [0, 0.1) is 5.92 Å². The number of benzene rings is 1. The van der Waals surface area contributed by atoms with Crippen molar-refractivity contribution in [2.45, 2.75) is 19.4 Å². The zero-order valence-electron chi connectivity index (χ0n) is 11.3. The van der Waals surface area contributed by atoms with Gasteiger partial charge in [0.15, 0.2) is 0 Å². The number of rotatable bonds is 4. The largest absolute Gasteiger partial charge is 0.310 e. The molecule has 0 amide bonds. The first-order valence-electron chi connectivity index (χ1n) is 7.05. The monoisotopic (exact) mass is 272 g/mol. The lowest BCUT2D eigenvalue weighted by Gasteiger charge is -2.25. The predicted molar refractivity (Wildman–Crippen MR) is 83.6 cm³/mol. The fourth-order valence-electron chi connectivity index (χ4n) is 2.96. The number of nitrogens with zero attached hydrogens (tertiary/aromatic N) is 1. The molecule has 0 saturated carbocycles. The third-order valence-corrected chi connectivity index (χ3v) is 5.06. The molecule has 19 heavy (non-hydrogen) atoms. The molecule has 100 valence electrons. The lowest BCUT2D eigenvalue weighted by atomic mass is 9.90. The summed E-state index contributed by atoms with van der Waals surface area (Å²) in [6.45, 7) is 3.21. The molecule has 2 atom stereocenters. The average molecular weight is 272 g/mol. The molecule has 2 heterocycles. The molecule has 1 aliphatic heterocycles. The molecule has 1 aromatic carbocycles. The van der Waals surface area contributed by atoms with Crippen LogP contribution in [0.4, 0.5) is 0 Å². The van der Waals surface area contributed by atoms with Crippen LogP contribution < -0.4 is 5.32 Å². The molecule has 0 spiro atoms. The van der Waals surface area contributed by atoms with Gasteiger partial charge in [-0.3, -0.25) is 4.98 Å². The summed E-state index contributed by atoms with van der Waals surface area (Å²) in [5.74, 6) is 3.32. The number of hydrogen-bond donors (Lipinski definition) is 1. The van der Waals surface area contributed by atoms with E-state index in [2.05, 4.69) is 53.3 Å². The maximum Gasteiger partial charge on any atom is 0.0705 e. The van der Waals surface area contributed by atoms with E-state index in [9.17, 15) is 0 Å². The van der Waals surface area contributed by atoms with Crippen molar-refractivity contribution < 1.29 is 0 Å². The highest BCUT2D eigenvalue weighted by Crippen LogP contribution is 2.36. The highest BCUT2D eigenvalue weighted by molar-refractivity contribution is 7.99. The Bertz CT molecular complexity index is 544. The van der Waals surface area contributed by atoms with Crippen LogP contribution >= 0.6 is 11.8 Å². The first-order valence-corrected chi connectivity index (χ1v) is 8.20. The molecule has 1 fully saturated rings. The Morgan fingerprint density at radius 1 is 1.37 bits per heavy atom. The van der Waals surface area contributed by atoms with E-state index in [1.807, 2.05) is 12.3 Å². The van der Waals surface area contributed by atoms with Gasteiger partial charge >= 0.3 is 0 Å². The van der Waals surface area contributed by atoms with Crippen molar-refractivity contribution in [1.29, 1.82) is 0 Å². The Labute approximate surface area is 119 Å². The third kappa shape index (κ3) is 2.63. The minimum atomic E-state index is 0.466. The molecule has 1 aromatic heterocycles. The fourth-order valence-corrected chi connectivity index (χ4v) is 4.26. The van der Waals surface area contributed by atoms with Gasteiger partial charge in [0.25, 0.3) is 0 Å². The summed E-state index contributed by atoms with van der Waals surface area (Å²) < 4.78 is 0. The van der Waals surface area contributed by atoms with Crippen molar-refractivity contribution in [3.63, 3.8) is 0 Å². The normalized spacial score (nSPS) is 20.8. The van der Waals surface area contributed by atoms with Gasteiger partial charge in [-0.15, -0.1) is 0 Å². The first kappa shape index (κ1) is 12.9. The summed E-state index contributed by atoms with van der Waals surface area (Å²) in [4.78, 5) is 4.48. The Hall–Kier alpha value is -1.06. The minimum absolute atomic E-state index is 0.466. The number of hydrogen-bond acceptors (Lipinski definition) is 3. The molecule has 1 aliphatic rings. The van der Waals surface area contributed by atoms with Gasteiger partial charge in [-0.2, -0.15) is 11.8 Å².